The lowest BCUT2D eigenvalue weighted by Gasteiger charge is -2.22. The molecule has 19 heavy (non-hydrogen) atoms. The minimum Gasteiger partial charge on any atom is -0.480 e. The van der Waals surface area contributed by atoms with Gasteiger partial charge in [-0.3, -0.25) is 10.1 Å². The largest absolute Gasteiger partial charge is 0.480 e. The van der Waals surface area contributed by atoms with Gasteiger partial charge in [0.05, 0.1) is 0 Å². The highest BCUT2D eigenvalue weighted by atomic mass is 79.9. The maximum absolute atomic E-state index is 11.5. The Morgan fingerprint density at radius 2 is 1.74 bits per heavy atom. The number of halogens is 1. The lowest BCUT2D eigenvalue weighted by molar-refractivity contribution is -0.140. The van der Waals surface area contributed by atoms with E-state index in [2.05, 4.69) is 21.2 Å². The van der Waals surface area contributed by atoms with Crippen molar-refractivity contribution in [3.05, 3.63) is 34.3 Å². The lowest BCUT2D eigenvalue weighted by atomic mass is 10.0. The van der Waals surface area contributed by atoms with Gasteiger partial charge in [-0.05, 0) is 30.5 Å². The van der Waals surface area contributed by atoms with Crippen LogP contribution in [0.5, 0.6) is 0 Å². The second-order valence-corrected chi connectivity index (χ2v) is 6.09. The SMILES string of the molecule is O=C(O)C(NC1CCCCCC1)c1ccc(Br)cc1. The first kappa shape index (κ1) is 14.5. The maximum Gasteiger partial charge on any atom is 0.325 e. The standard InChI is InChI=1S/C15H20BrNO2/c16-12-9-7-11(8-10-12)14(15(18)19)17-13-5-3-1-2-4-6-13/h7-10,13-14,17H,1-6H2,(H,18,19). The van der Waals surface area contributed by atoms with Gasteiger partial charge in [-0.1, -0.05) is 53.7 Å². The van der Waals surface area contributed by atoms with Crippen molar-refractivity contribution < 1.29 is 9.90 Å². The van der Waals surface area contributed by atoms with Crippen LogP contribution in [0.15, 0.2) is 28.7 Å². The molecule has 1 saturated carbocycles. The predicted octanol–water partition coefficient (Wildman–Crippen LogP) is 3.89. The number of hydrogen-bond acceptors (Lipinski definition) is 2. The van der Waals surface area contributed by atoms with Crippen LogP contribution in [-0.4, -0.2) is 17.1 Å². The molecule has 0 aliphatic heterocycles. The molecule has 0 heterocycles. The smallest absolute Gasteiger partial charge is 0.325 e. The maximum atomic E-state index is 11.5. The summed E-state index contributed by atoms with van der Waals surface area (Å²) in [6, 6.07) is 7.24. The highest BCUT2D eigenvalue weighted by Crippen LogP contribution is 2.22. The summed E-state index contributed by atoms with van der Waals surface area (Å²) in [7, 11) is 0. The Morgan fingerprint density at radius 1 is 1.16 bits per heavy atom. The van der Waals surface area contributed by atoms with Crippen molar-refractivity contribution in [2.24, 2.45) is 0 Å². The fourth-order valence-electron chi connectivity index (χ4n) is 2.65. The quantitative estimate of drug-likeness (QED) is 0.826. The lowest BCUT2D eigenvalue weighted by Crippen LogP contribution is -2.36. The van der Waals surface area contributed by atoms with Crippen molar-refractivity contribution in [1.82, 2.24) is 5.32 Å². The molecule has 1 aromatic carbocycles. The Kier molecular flexibility index (Phi) is 5.40. The molecule has 1 fully saturated rings. The van der Waals surface area contributed by atoms with Crippen molar-refractivity contribution in [2.45, 2.75) is 50.6 Å². The summed E-state index contributed by atoms with van der Waals surface area (Å²) >= 11 is 3.37. The monoisotopic (exact) mass is 325 g/mol. The summed E-state index contributed by atoms with van der Waals surface area (Å²) in [5, 5.41) is 12.7. The Hall–Kier alpha value is -0.870. The van der Waals surface area contributed by atoms with Gasteiger partial charge in [0.2, 0.25) is 0 Å². The molecule has 0 saturated heterocycles. The Bertz CT molecular complexity index is 411. The number of carboxylic acid groups (broad SMARTS) is 1. The Balaban J connectivity index is 2.07. The molecule has 1 unspecified atom stereocenters. The molecule has 2 rings (SSSR count). The number of rotatable bonds is 4. The Morgan fingerprint density at radius 3 is 2.26 bits per heavy atom. The van der Waals surface area contributed by atoms with Gasteiger partial charge in [0.15, 0.2) is 0 Å². The zero-order valence-corrected chi connectivity index (χ0v) is 12.5. The molecule has 104 valence electrons. The first-order valence-corrected chi connectivity index (χ1v) is 7.70. The molecule has 0 aromatic heterocycles. The van der Waals surface area contributed by atoms with Crippen molar-refractivity contribution >= 4 is 21.9 Å². The minimum atomic E-state index is -0.799. The van der Waals surface area contributed by atoms with Gasteiger partial charge in [-0.25, -0.2) is 0 Å². The molecule has 0 amide bonds. The number of hydrogen-bond donors (Lipinski definition) is 2. The van der Waals surface area contributed by atoms with E-state index in [0.717, 1.165) is 22.9 Å². The number of nitrogens with one attached hydrogen (secondary N) is 1. The molecular formula is C15H20BrNO2. The van der Waals surface area contributed by atoms with E-state index < -0.39 is 12.0 Å². The molecule has 4 heteroatoms. The van der Waals surface area contributed by atoms with Gasteiger partial charge in [0, 0.05) is 10.5 Å². The molecule has 1 aliphatic rings. The van der Waals surface area contributed by atoms with Crippen LogP contribution in [0, 0.1) is 0 Å². The highest BCUT2D eigenvalue weighted by Gasteiger charge is 2.23. The normalized spacial score (nSPS) is 18.8. The summed E-state index contributed by atoms with van der Waals surface area (Å²) in [6.45, 7) is 0. The summed E-state index contributed by atoms with van der Waals surface area (Å²) < 4.78 is 0.967. The molecule has 1 atom stereocenters. The summed E-state index contributed by atoms with van der Waals surface area (Å²) in [5.74, 6) is -0.799. The number of benzene rings is 1. The van der Waals surface area contributed by atoms with Gasteiger partial charge >= 0.3 is 5.97 Å². The van der Waals surface area contributed by atoms with Crippen LogP contribution in [0.25, 0.3) is 0 Å². The summed E-state index contributed by atoms with van der Waals surface area (Å²) in [6.07, 6.45) is 7.11. The number of carbonyl (C=O) groups is 1. The second kappa shape index (κ2) is 7.06. The van der Waals surface area contributed by atoms with E-state index in [9.17, 15) is 9.90 Å². The summed E-state index contributed by atoms with van der Waals surface area (Å²) in [5.41, 5.74) is 0.819. The van der Waals surface area contributed by atoms with E-state index in [1.54, 1.807) is 0 Å². The van der Waals surface area contributed by atoms with Gasteiger partial charge < -0.3 is 5.11 Å². The van der Waals surface area contributed by atoms with E-state index in [1.807, 2.05) is 24.3 Å². The molecular weight excluding hydrogens is 306 g/mol. The van der Waals surface area contributed by atoms with Gasteiger partial charge in [-0.2, -0.15) is 0 Å². The van der Waals surface area contributed by atoms with Crippen LogP contribution >= 0.6 is 15.9 Å². The van der Waals surface area contributed by atoms with Crippen molar-refractivity contribution in [3.63, 3.8) is 0 Å². The molecule has 3 nitrogen and oxygen atoms in total. The van der Waals surface area contributed by atoms with E-state index in [-0.39, 0.29) is 0 Å². The van der Waals surface area contributed by atoms with Gasteiger partial charge in [0.25, 0.3) is 0 Å². The molecule has 0 spiro atoms. The van der Waals surface area contributed by atoms with E-state index in [4.69, 9.17) is 0 Å². The highest BCUT2D eigenvalue weighted by molar-refractivity contribution is 9.10. The van der Waals surface area contributed by atoms with Gasteiger partial charge in [0.1, 0.15) is 6.04 Å². The van der Waals surface area contributed by atoms with E-state index >= 15 is 0 Å². The van der Waals surface area contributed by atoms with Crippen LogP contribution in [0.2, 0.25) is 0 Å². The second-order valence-electron chi connectivity index (χ2n) is 5.18. The fraction of sp³-hybridized carbons (Fsp3) is 0.533. The van der Waals surface area contributed by atoms with Crippen molar-refractivity contribution in [1.29, 1.82) is 0 Å². The van der Waals surface area contributed by atoms with Crippen molar-refractivity contribution in [3.8, 4) is 0 Å². The molecule has 2 N–H and O–H groups in total. The molecule has 0 bridgehead atoms. The van der Waals surface area contributed by atoms with Crippen LogP contribution in [0.4, 0.5) is 0 Å². The van der Waals surface area contributed by atoms with Crippen LogP contribution < -0.4 is 5.32 Å². The molecule has 1 aliphatic carbocycles. The van der Waals surface area contributed by atoms with E-state index in [0.29, 0.717) is 6.04 Å². The third kappa shape index (κ3) is 4.32. The first-order chi connectivity index (χ1) is 9.16. The number of carboxylic acids is 1. The Labute approximate surface area is 122 Å². The number of aliphatic carboxylic acids is 1. The zero-order valence-electron chi connectivity index (χ0n) is 10.9. The van der Waals surface area contributed by atoms with Crippen molar-refractivity contribution in [2.75, 3.05) is 0 Å². The van der Waals surface area contributed by atoms with Crippen LogP contribution in [0.3, 0.4) is 0 Å². The molecule has 0 radical (unpaired) electrons. The zero-order chi connectivity index (χ0) is 13.7. The fourth-order valence-corrected chi connectivity index (χ4v) is 2.91. The first-order valence-electron chi connectivity index (χ1n) is 6.91. The summed E-state index contributed by atoms with van der Waals surface area (Å²) in [4.78, 5) is 11.5. The predicted molar refractivity (Wildman–Crippen MR) is 79.1 cm³/mol. The minimum absolute atomic E-state index is 0.326. The van der Waals surface area contributed by atoms with Crippen LogP contribution in [0.1, 0.15) is 50.1 Å². The molecule has 1 aromatic rings. The van der Waals surface area contributed by atoms with Crippen LogP contribution in [-0.2, 0) is 4.79 Å². The third-order valence-electron chi connectivity index (χ3n) is 3.71. The van der Waals surface area contributed by atoms with E-state index in [1.165, 1.54) is 25.7 Å². The van der Waals surface area contributed by atoms with Gasteiger partial charge in [-0.15, -0.1) is 0 Å². The topological polar surface area (TPSA) is 49.3 Å². The average molecular weight is 326 g/mol. The third-order valence-corrected chi connectivity index (χ3v) is 4.24. The average Bonchev–Trinajstić information content (AvgIpc) is 2.65.